The van der Waals surface area contributed by atoms with E-state index in [1.165, 1.54) is 13.0 Å². The van der Waals surface area contributed by atoms with Crippen LogP contribution in [0.25, 0.3) is 21.5 Å². The van der Waals surface area contributed by atoms with Crippen LogP contribution in [0.5, 0.6) is 0 Å². The molecule has 0 saturated heterocycles. The number of fused-ring (bicyclic) bond motifs is 2. The molecule has 40 heavy (non-hydrogen) atoms. The van der Waals surface area contributed by atoms with Crippen molar-refractivity contribution in [3.63, 3.8) is 0 Å². The normalized spacial score (nSPS) is 25.4. The first-order chi connectivity index (χ1) is 17.8. The molecule has 6 nitrogen and oxygen atoms in total. The van der Waals surface area contributed by atoms with Gasteiger partial charge in [-0.2, -0.15) is 0 Å². The summed E-state index contributed by atoms with van der Waals surface area (Å²) in [5.41, 5.74) is 0.625. The quantitative estimate of drug-likeness (QED) is 0.235. The molecular weight excluding hydrogens is 566 g/mol. The topological polar surface area (TPSA) is 114 Å². The average molecular weight is 597 g/mol. The van der Waals surface area contributed by atoms with Gasteiger partial charge in [0.25, 0.3) is 0 Å². The monoisotopic (exact) mass is 596 g/mol. The van der Waals surface area contributed by atoms with Gasteiger partial charge in [-0.1, -0.05) is 98.8 Å². The molecule has 1 aliphatic carbocycles. The molecule has 10 heteroatoms. The maximum absolute atomic E-state index is 13.9. The zero-order valence-electron chi connectivity index (χ0n) is 23.5. The first-order valence-corrected chi connectivity index (χ1v) is 15.5. The van der Waals surface area contributed by atoms with Crippen LogP contribution in [-0.4, -0.2) is 30.7 Å². The summed E-state index contributed by atoms with van der Waals surface area (Å²) in [5, 5.41) is 2.66. The third kappa shape index (κ3) is 5.06. The maximum Gasteiger partial charge on any atom is 1.00 e. The molecule has 4 unspecified atom stereocenters. The largest absolute Gasteiger partial charge is 1.00 e. The SMILES string of the molecule is CC(C)C1CCC(C)(S(=O)(=O)[O-])C(c2cccc3ccccc23)(S(=O)(=O)[O-])C1c1cccc2ccccc12.[Na+].[Na+]. The smallest absolute Gasteiger partial charge is 0.747 e. The molecule has 4 aromatic carbocycles. The molecule has 5 rings (SSSR count). The zero-order valence-corrected chi connectivity index (χ0v) is 29.1. The standard InChI is InChI=1S/C30H32O6S2.2Na/c1-20(2)23-18-19-29(3,37(31,32)33)30(38(34,35)36,27-17-9-13-22-11-5-7-15-25(22)27)28(23)26-16-8-12-21-10-4-6-14-24(21)26;;/h4-17,20,23,28H,18-19H2,1-3H3,(H,31,32,33)(H,34,35,36);;/q;2*+1/p-2. The number of rotatable bonds is 5. The molecule has 1 fully saturated rings. The van der Waals surface area contributed by atoms with Gasteiger partial charge in [0, 0.05) is 5.92 Å². The van der Waals surface area contributed by atoms with E-state index in [1.807, 2.05) is 44.2 Å². The van der Waals surface area contributed by atoms with Crippen LogP contribution in [0.1, 0.15) is 50.7 Å². The molecule has 0 heterocycles. The van der Waals surface area contributed by atoms with E-state index in [0.717, 1.165) is 10.8 Å². The van der Waals surface area contributed by atoms with Gasteiger partial charge >= 0.3 is 59.1 Å². The first-order valence-electron chi connectivity index (χ1n) is 12.7. The molecule has 4 atom stereocenters. The Morgan fingerprint density at radius 2 is 1.23 bits per heavy atom. The Labute approximate surface area is 281 Å². The van der Waals surface area contributed by atoms with Crippen molar-refractivity contribution in [2.75, 3.05) is 0 Å². The van der Waals surface area contributed by atoms with Crippen molar-refractivity contribution in [1.82, 2.24) is 0 Å². The fourth-order valence-corrected chi connectivity index (χ4v) is 10.3. The zero-order chi connectivity index (χ0) is 27.5. The summed E-state index contributed by atoms with van der Waals surface area (Å²) in [4.78, 5) is 0. The molecule has 200 valence electrons. The van der Waals surface area contributed by atoms with Crippen molar-refractivity contribution in [3.8, 4) is 0 Å². The number of hydrogen-bond donors (Lipinski definition) is 0. The van der Waals surface area contributed by atoms with Crippen molar-refractivity contribution in [2.45, 2.75) is 49.0 Å². The fraction of sp³-hybridized carbons (Fsp3) is 0.333. The molecular formula is C30H30Na2O6S2. The van der Waals surface area contributed by atoms with Crippen LogP contribution in [0, 0.1) is 11.8 Å². The van der Waals surface area contributed by atoms with Crippen LogP contribution < -0.4 is 59.1 Å². The van der Waals surface area contributed by atoms with Gasteiger partial charge in [-0.05, 0) is 64.3 Å². The van der Waals surface area contributed by atoms with Crippen LogP contribution in [0.2, 0.25) is 0 Å². The predicted molar refractivity (Wildman–Crippen MR) is 148 cm³/mol. The van der Waals surface area contributed by atoms with E-state index in [0.29, 0.717) is 16.3 Å². The Morgan fingerprint density at radius 1 is 0.725 bits per heavy atom. The second-order valence-electron chi connectivity index (χ2n) is 10.9. The minimum atomic E-state index is -5.48. The molecule has 1 aliphatic rings. The summed E-state index contributed by atoms with van der Waals surface area (Å²) < 4.78 is 76.5. The van der Waals surface area contributed by atoms with Crippen LogP contribution in [0.4, 0.5) is 0 Å². The van der Waals surface area contributed by atoms with E-state index < -0.39 is 41.6 Å². The van der Waals surface area contributed by atoms with E-state index in [2.05, 4.69) is 0 Å². The number of benzene rings is 4. The minimum absolute atomic E-state index is 0. The second kappa shape index (κ2) is 12.1. The summed E-state index contributed by atoms with van der Waals surface area (Å²) in [6.45, 7) is 5.06. The van der Waals surface area contributed by atoms with Crippen LogP contribution in [0.15, 0.2) is 84.9 Å². The summed E-state index contributed by atoms with van der Waals surface area (Å²) >= 11 is 0. The van der Waals surface area contributed by atoms with Gasteiger partial charge in [-0.25, -0.2) is 16.8 Å². The second-order valence-corrected chi connectivity index (χ2v) is 14.3. The summed E-state index contributed by atoms with van der Waals surface area (Å²) in [5.74, 6) is -1.59. The average Bonchev–Trinajstić information content (AvgIpc) is 2.86. The van der Waals surface area contributed by atoms with E-state index in [-0.39, 0.29) is 83.4 Å². The molecule has 0 spiro atoms. The maximum atomic E-state index is 13.9. The molecule has 0 bridgehead atoms. The van der Waals surface area contributed by atoms with E-state index in [9.17, 15) is 25.9 Å². The van der Waals surface area contributed by atoms with Gasteiger partial charge in [0.1, 0.15) is 25.0 Å². The molecule has 0 aromatic heterocycles. The van der Waals surface area contributed by atoms with E-state index in [4.69, 9.17) is 0 Å². The van der Waals surface area contributed by atoms with Crippen LogP contribution >= 0.6 is 0 Å². The summed E-state index contributed by atoms with van der Waals surface area (Å²) in [7, 11) is -10.8. The van der Waals surface area contributed by atoms with E-state index in [1.54, 1.807) is 48.5 Å². The van der Waals surface area contributed by atoms with Crippen molar-refractivity contribution < 1.29 is 85.1 Å². The molecule has 0 radical (unpaired) electrons. The van der Waals surface area contributed by atoms with Crippen molar-refractivity contribution in [2.24, 2.45) is 11.8 Å². The van der Waals surface area contributed by atoms with Gasteiger partial charge < -0.3 is 9.11 Å². The molecule has 1 saturated carbocycles. The van der Waals surface area contributed by atoms with Gasteiger partial charge in [0.05, 0.1) is 4.75 Å². The molecule has 0 aliphatic heterocycles. The first kappa shape index (κ1) is 33.7. The Bertz CT molecular complexity index is 1750. The molecule has 4 aromatic rings. The van der Waals surface area contributed by atoms with Gasteiger partial charge in [-0.3, -0.25) is 0 Å². The van der Waals surface area contributed by atoms with Gasteiger partial charge in [0.2, 0.25) is 0 Å². The Kier molecular flexibility index (Phi) is 10.2. The van der Waals surface area contributed by atoms with Crippen molar-refractivity contribution in [1.29, 1.82) is 0 Å². The fourth-order valence-electron chi connectivity index (χ4n) is 6.98. The van der Waals surface area contributed by atoms with Crippen LogP contribution in [-0.2, 0) is 25.0 Å². The summed E-state index contributed by atoms with van der Waals surface area (Å²) in [6.07, 6.45) is 0.0409. The summed E-state index contributed by atoms with van der Waals surface area (Å²) in [6, 6.07) is 24.8. The van der Waals surface area contributed by atoms with E-state index >= 15 is 0 Å². The molecule has 0 amide bonds. The van der Waals surface area contributed by atoms with Crippen LogP contribution in [0.3, 0.4) is 0 Å². The minimum Gasteiger partial charge on any atom is -0.747 e. The Balaban J connectivity index is 0.00000220. The third-order valence-electron chi connectivity index (χ3n) is 8.76. The Hall–Kier alpha value is -0.780. The third-order valence-corrected chi connectivity index (χ3v) is 12.2. The number of hydrogen-bond acceptors (Lipinski definition) is 6. The Morgan fingerprint density at radius 3 is 1.77 bits per heavy atom. The molecule has 0 N–H and O–H groups in total. The predicted octanol–water partition coefficient (Wildman–Crippen LogP) is -0.105. The van der Waals surface area contributed by atoms with Crippen molar-refractivity contribution >= 4 is 41.8 Å². The van der Waals surface area contributed by atoms with Gasteiger partial charge in [0.15, 0.2) is 0 Å². The van der Waals surface area contributed by atoms with Gasteiger partial charge in [-0.15, -0.1) is 0 Å². The van der Waals surface area contributed by atoms with Crippen molar-refractivity contribution in [3.05, 3.63) is 96.1 Å².